The van der Waals surface area contributed by atoms with Crippen molar-refractivity contribution in [1.29, 1.82) is 0 Å². The number of hydrogen-bond donors (Lipinski definition) is 0. The first-order valence-corrected chi connectivity index (χ1v) is 13.5. The first-order valence-electron chi connectivity index (χ1n) is 12.7. The van der Waals surface area contributed by atoms with Gasteiger partial charge in [-0.15, -0.1) is 0 Å². The third kappa shape index (κ3) is 7.97. The van der Waals surface area contributed by atoms with Gasteiger partial charge in [-0.25, -0.2) is 4.79 Å². The summed E-state index contributed by atoms with van der Waals surface area (Å²) in [6, 6.07) is 25.6. The average molecular weight is 563 g/mol. The fourth-order valence-electron chi connectivity index (χ4n) is 3.93. The molecule has 8 nitrogen and oxygen atoms in total. The fraction of sp³-hybridized carbons (Fsp3) is 0.258. The molecule has 4 rings (SSSR count). The number of ether oxygens (including phenoxy) is 5. The van der Waals surface area contributed by atoms with E-state index in [0.29, 0.717) is 5.56 Å². The lowest BCUT2D eigenvalue weighted by atomic mass is 10.0. The van der Waals surface area contributed by atoms with E-state index in [-0.39, 0.29) is 24.1 Å². The maximum Gasteiger partial charge on any atom is 0.343 e. The van der Waals surface area contributed by atoms with Crippen LogP contribution in [-0.4, -0.2) is 42.8 Å². The van der Waals surface area contributed by atoms with Gasteiger partial charge in [-0.05, 0) is 48.5 Å². The molecule has 0 saturated heterocycles. The highest BCUT2D eigenvalue weighted by Gasteiger charge is 2.46. The van der Waals surface area contributed by atoms with Crippen LogP contribution >= 0.6 is 11.8 Å². The minimum atomic E-state index is -1.08. The van der Waals surface area contributed by atoms with Crippen molar-refractivity contribution in [2.45, 2.75) is 50.6 Å². The SMILES string of the molecule is CC(=O)OCC1OC(Sc2ccc(C)cc2)=C(OC(=O)c2ccccc2)C(OCc2ccccc2)[C@@H]1OC(C)=O. The molecule has 3 atom stereocenters. The zero-order chi connectivity index (χ0) is 28.5. The molecule has 3 aromatic carbocycles. The molecule has 0 N–H and O–H groups in total. The third-order valence-electron chi connectivity index (χ3n) is 5.85. The standard InChI is InChI=1S/C31H30O8S/c1-20-14-16-25(17-15-20)40-31-29(39-30(34)24-12-8-5-9-13-24)28(36-18-23-10-6-4-7-11-23)27(37-22(3)33)26(38-31)19-35-21(2)32/h4-17,26-28H,18-19H2,1-3H3/t26?,27-,28?/m1/s1. The zero-order valence-electron chi connectivity index (χ0n) is 22.4. The fourth-order valence-corrected chi connectivity index (χ4v) is 4.85. The van der Waals surface area contributed by atoms with E-state index in [4.69, 9.17) is 23.7 Å². The Kier molecular flexibility index (Phi) is 9.99. The van der Waals surface area contributed by atoms with Gasteiger partial charge in [-0.1, -0.05) is 66.2 Å². The normalized spacial score (nSPS) is 18.4. The molecule has 40 heavy (non-hydrogen) atoms. The van der Waals surface area contributed by atoms with Crippen molar-refractivity contribution >= 4 is 29.7 Å². The molecule has 2 unspecified atom stereocenters. The van der Waals surface area contributed by atoms with Gasteiger partial charge in [0.15, 0.2) is 29.2 Å². The average Bonchev–Trinajstić information content (AvgIpc) is 2.95. The lowest BCUT2D eigenvalue weighted by molar-refractivity contribution is -0.180. The van der Waals surface area contributed by atoms with Gasteiger partial charge >= 0.3 is 17.9 Å². The van der Waals surface area contributed by atoms with Gasteiger partial charge in [0.1, 0.15) is 6.61 Å². The predicted molar refractivity (Wildman–Crippen MR) is 148 cm³/mol. The predicted octanol–water partition coefficient (Wildman–Crippen LogP) is 5.59. The Balaban J connectivity index is 1.78. The van der Waals surface area contributed by atoms with Gasteiger partial charge in [-0.3, -0.25) is 9.59 Å². The van der Waals surface area contributed by atoms with E-state index in [1.807, 2.05) is 61.5 Å². The monoisotopic (exact) mass is 562 g/mol. The van der Waals surface area contributed by atoms with Crippen LogP contribution in [0.3, 0.4) is 0 Å². The molecule has 1 aliphatic heterocycles. The number of hydrogen-bond acceptors (Lipinski definition) is 9. The summed E-state index contributed by atoms with van der Waals surface area (Å²) in [7, 11) is 0. The number of carbonyl (C=O) groups excluding carboxylic acids is 3. The Morgan fingerprint density at radius 1 is 0.850 bits per heavy atom. The first kappa shape index (κ1) is 28.9. The van der Waals surface area contributed by atoms with Crippen molar-refractivity contribution in [3.8, 4) is 0 Å². The zero-order valence-corrected chi connectivity index (χ0v) is 23.2. The van der Waals surface area contributed by atoms with Crippen LogP contribution in [0.15, 0.2) is 101 Å². The second-order valence-electron chi connectivity index (χ2n) is 9.07. The van der Waals surface area contributed by atoms with Crippen molar-refractivity contribution in [2.75, 3.05) is 6.61 Å². The number of carbonyl (C=O) groups is 3. The van der Waals surface area contributed by atoms with E-state index >= 15 is 0 Å². The molecule has 1 heterocycles. The number of benzene rings is 3. The van der Waals surface area contributed by atoms with E-state index in [2.05, 4.69) is 0 Å². The maximum atomic E-state index is 13.2. The van der Waals surface area contributed by atoms with Crippen LogP contribution in [0.1, 0.15) is 35.3 Å². The van der Waals surface area contributed by atoms with Crippen LogP contribution in [0, 0.1) is 6.92 Å². The molecular weight excluding hydrogens is 532 g/mol. The van der Waals surface area contributed by atoms with E-state index in [1.165, 1.54) is 25.6 Å². The summed E-state index contributed by atoms with van der Waals surface area (Å²) in [6.07, 6.45) is -3.07. The summed E-state index contributed by atoms with van der Waals surface area (Å²) >= 11 is 1.22. The van der Waals surface area contributed by atoms with Gasteiger partial charge in [0.2, 0.25) is 0 Å². The molecule has 1 aliphatic rings. The Morgan fingerprint density at radius 2 is 1.50 bits per heavy atom. The van der Waals surface area contributed by atoms with Gasteiger partial charge < -0.3 is 23.7 Å². The maximum absolute atomic E-state index is 13.2. The Labute approximate surface area is 237 Å². The Hall–Kier alpha value is -4.08. The van der Waals surface area contributed by atoms with Gasteiger partial charge in [0, 0.05) is 18.7 Å². The lowest BCUT2D eigenvalue weighted by Gasteiger charge is -2.38. The molecule has 0 spiro atoms. The second-order valence-corrected chi connectivity index (χ2v) is 10.1. The van der Waals surface area contributed by atoms with Crippen molar-refractivity contribution in [3.05, 3.63) is 112 Å². The number of rotatable bonds is 10. The second kappa shape index (κ2) is 13.8. The quantitative estimate of drug-likeness (QED) is 0.231. The van der Waals surface area contributed by atoms with Crippen LogP contribution < -0.4 is 0 Å². The summed E-state index contributed by atoms with van der Waals surface area (Å²) in [4.78, 5) is 37.9. The summed E-state index contributed by atoms with van der Waals surface area (Å²) in [5.74, 6) is -1.70. The van der Waals surface area contributed by atoms with Gasteiger partial charge in [-0.2, -0.15) is 0 Å². The van der Waals surface area contributed by atoms with Crippen molar-refractivity contribution in [1.82, 2.24) is 0 Å². The third-order valence-corrected chi connectivity index (χ3v) is 6.84. The molecule has 9 heteroatoms. The van der Waals surface area contributed by atoms with Crippen LogP contribution in [0.5, 0.6) is 0 Å². The van der Waals surface area contributed by atoms with Crippen molar-refractivity contribution < 1.29 is 38.1 Å². The number of esters is 3. The van der Waals surface area contributed by atoms with Crippen LogP contribution in [0.2, 0.25) is 0 Å². The molecule has 0 radical (unpaired) electrons. The van der Waals surface area contributed by atoms with Gasteiger partial charge in [0.05, 0.1) is 12.2 Å². The van der Waals surface area contributed by atoms with Crippen LogP contribution in [-0.2, 0) is 39.9 Å². The van der Waals surface area contributed by atoms with E-state index in [0.717, 1.165) is 16.0 Å². The van der Waals surface area contributed by atoms with E-state index in [9.17, 15) is 14.4 Å². The highest BCUT2D eigenvalue weighted by atomic mass is 32.2. The molecule has 0 fully saturated rings. The lowest BCUT2D eigenvalue weighted by Crippen LogP contribution is -2.50. The highest BCUT2D eigenvalue weighted by molar-refractivity contribution is 8.03. The van der Waals surface area contributed by atoms with Crippen LogP contribution in [0.4, 0.5) is 0 Å². The molecule has 0 amide bonds. The molecule has 208 valence electrons. The number of aryl methyl sites for hydroxylation is 1. The molecule has 0 saturated carbocycles. The topological polar surface area (TPSA) is 97.4 Å². The molecule has 0 aliphatic carbocycles. The smallest absolute Gasteiger partial charge is 0.343 e. The molecule has 0 bridgehead atoms. The van der Waals surface area contributed by atoms with Crippen molar-refractivity contribution in [3.63, 3.8) is 0 Å². The summed E-state index contributed by atoms with van der Waals surface area (Å²) in [5.41, 5.74) is 2.25. The van der Waals surface area contributed by atoms with Crippen molar-refractivity contribution in [2.24, 2.45) is 0 Å². The first-order chi connectivity index (χ1) is 19.3. The Bertz CT molecular complexity index is 1340. The van der Waals surface area contributed by atoms with Gasteiger partial charge in [0.25, 0.3) is 0 Å². The molecular formula is C31H30O8S. The summed E-state index contributed by atoms with van der Waals surface area (Å²) < 4.78 is 29.4. The minimum Gasteiger partial charge on any atom is -0.473 e. The minimum absolute atomic E-state index is 0.0562. The molecule has 0 aromatic heterocycles. The largest absolute Gasteiger partial charge is 0.473 e. The Morgan fingerprint density at radius 3 is 2.12 bits per heavy atom. The van der Waals surface area contributed by atoms with E-state index < -0.39 is 36.2 Å². The highest BCUT2D eigenvalue weighted by Crippen LogP contribution is 2.40. The number of thioether (sulfide) groups is 1. The van der Waals surface area contributed by atoms with E-state index in [1.54, 1.807) is 30.3 Å². The molecule has 3 aromatic rings. The van der Waals surface area contributed by atoms with Crippen LogP contribution in [0.25, 0.3) is 0 Å². The summed E-state index contributed by atoms with van der Waals surface area (Å²) in [5, 5.41) is 0.228. The summed E-state index contributed by atoms with van der Waals surface area (Å²) in [6.45, 7) is 4.42.